The molecule has 0 spiro atoms. The lowest BCUT2D eigenvalue weighted by molar-refractivity contribution is -0.573. The van der Waals surface area contributed by atoms with Crippen molar-refractivity contribution in [1.29, 1.82) is 0 Å². The predicted octanol–water partition coefficient (Wildman–Crippen LogP) is 1.76. The van der Waals surface area contributed by atoms with Gasteiger partial charge in [0.05, 0.1) is 11.5 Å². The number of nitro benzene ring substituents is 1. The van der Waals surface area contributed by atoms with Crippen LogP contribution in [0.15, 0.2) is 18.2 Å². The van der Waals surface area contributed by atoms with Gasteiger partial charge in [-0.15, -0.1) is 0 Å². The van der Waals surface area contributed by atoms with E-state index < -0.39 is 22.4 Å². The SMILES string of the molecule is CN(C)CCC[NH2+]c1ccc([N+](=O)[O-])cc1C(F)(F)F. The Kier molecular flexibility index (Phi) is 5.46. The van der Waals surface area contributed by atoms with E-state index in [1.54, 1.807) is 0 Å². The Hall–Kier alpha value is -1.67. The maximum atomic E-state index is 12.9. The Morgan fingerprint density at radius 3 is 2.50 bits per heavy atom. The molecule has 0 saturated carbocycles. The Labute approximate surface area is 114 Å². The topological polar surface area (TPSA) is 63.0 Å². The molecule has 0 aliphatic heterocycles. The molecule has 5 nitrogen and oxygen atoms in total. The Balaban J connectivity index is 2.87. The van der Waals surface area contributed by atoms with Gasteiger partial charge in [-0.25, -0.2) is 0 Å². The lowest BCUT2D eigenvalue weighted by Gasteiger charge is -2.12. The number of nitrogens with two attached hydrogens (primary N) is 1. The first-order valence-electron chi connectivity index (χ1n) is 6.05. The first-order chi connectivity index (χ1) is 9.21. The molecule has 0 unspecified atom stereocenters. The number of non-ortho nitro benzene ring substituents is 1. The molecule has 1 rings (SSSR count). The van der Waals surface area contributed by atoms with Gasteiger partial charge in [-0.05, 0) is 14.1 Å². The standard InChI is InChI=1S/C12H16F3N3O2/c1-17(2)7-3-6-16-11-5-4-9(18(19)20)8-10(11)12(13,14)15/h4-5,8,16H,3,6-7H2,1-2H3/p+1. The maximum absolute atomic E-state index is 12.9. The number of quaternary nitrogens is 1. The Morgan fingerprint density at radius 2 is 2.00 bits per heavy atom. The van der Waals surface area contributed by atoms with E-state index in [4.69, 9.17) is 0 Å². The zero-order chi connectivity index (χ0) is 15.3. The van der Waals surface area contributed by atoms with Gasteiger partial charge in [0.15, 0.2) is 0 Å². The zero-order valence-corrected chi connectivity index (χ0v) is 11.3. The normalized spacial score (nSPS) is 11.9. The number of hydrogen-bond donors (Lipinski definition) is 1. The van der Waals surface area contributed by atoms with Crippen molar-refractivity contribution in [2.24, 2.45) is 0 Å². The van der Waals surface area contributed by atoms with Crippen LogP contribution in [0, 0.1) is 10.1 Å². The van der Waals surface area contributed by atoms with Crippen LogP contribution in [0.2, 0.25) is 0 Å². The van der Waals surface area contributed by atoms with Gasteiger partial charge in [-0.1, -0.05) is 0 Å². The number of nitrogens with zero attached hydrogens (tertiary/aromatic N) is 2. The van der Waals surface area contributed by atoms with Gasteiger partial charge < -0.3 is 10.2 Å². The Morgan fingerprint density at radius 1 is 1.35 bits per heavy atom. The van der Waals surface area contributed by atoms with Crippen molar-refractivity contribution < 1.29 is 23.4 Å². The number of hydrogen-bond acceptors (Lipinski definition) is 3. The van der Waals surface area contributed by atoms with E-state index in [-0.39, 0.29) is 5.69 Å². The van der Waals surface area contributed by atoms with Crippen molar-refractivity contribution in [2.45, 2.75) is 12.6 Å². The average molecular weight is 292 g/mol. The second kappa shape index (κ2) is 6.67. The number of rotatable bonds is 6. The van der Waals surface area contributed by atoms with Crippen LogP contribution < -0.4 is 5.32 Å². The van der Waals surface area contributed by atoms with Crippen LogP contribution in [0.4, 0.5) is 24.5 Å². The Bertz CT molecular complexity index is 476. The lowest BCUT2D eigenvalue weighted by Crippen LogP contribution is -2.78. The highest BCUT2D eigenvalue weighted by Gasteiger charge is 2.37. The van der Waals surface area contributed by atoms with Gasteiger partial charge >= 0.3 is 6.18 Å². The summed E-state index contributed by atoms with van der Waals surface area (Å²) in [5, 5.41) is 12.0. The molecule has 0 atom stereocenters. The highest BCUT2D eigenvalue weighted by atomic mass is 19.4. The van der Waals surface area contributed by atoms with Crippen molar-refractivity contribution in [2.75, 3.05) is 27.2 Å². The average Bonchev–Trinajstić information content (AvgIpc) is 2.33. The highest BCUT2D eigenvalue weighted by Crippen LogP contribution is 2.35. The van der Waals surface area contributed by atoms with Crippen LogP contribution in [0.1, 0.15) is 12.0 Å². The molecule has 112 valence electrons. The predicted molar refractivity (Wildman–Crippen MR) is 67.7 cm³/mol. The summed E-state index contributed by atoms with van der Waals surface area (Å²) in [6, 6.07) is 2.82. The molecule has 0 aromatic heterocycles. The molecule has 1 aromatic rings. The third-order valence-electron chi connectivity index (χ3n) is 2.73. The first kappa shape index (κ1) is 16.4. The highest BCUT2D eigenvalue weighted by molar-refractivity contribution is 5.48. The van der Waals surface area contributed by atoms with Crippen LogP contribution in [0.3, 0.4) is 0 Å². The van der Waals surface area contributed by atoms with Crippen molar-refractivity contribution in [3.63, 3.8) is 0 Å². The van der Waals surface area contributed by atoms with E-state index in [2.05, 4.69) is 0 Å². The summed E-state index contributed by atoms with van der Waals surface area (Å²) in [7, 11) is 3.76. The largest absolute Gasteiger partial charge is 0.422 e. The molecule has 0 amide bonds. The van der Waals surface area contributed by atoms with Crippen LogP contribution in [-0.4, -0.2) is 37.0 Å². The fraction of sp³-hybridized carbons (Fsp3) is 0.500. The number of nitro groups is 1. The molecular weight excluding hydrogens is 275 g/mol. The summed E-state index contributed by atoms with van der Waals surface area (Å²) in [4.78, 5) is 11.7. The van der Waals surface area contributed by atoms with Crippen molar-refractivity contribution in [1.82, 2.24) is 4.90 Å². The van der Waals surface area contributed by atoms with Crippen LogP contribution in [-0.2, 0) is 6.18 Å². The molecule has 0 radical (unpaired) electrons. The summed E-state index contributed by atoms with van der Waals surface area (Å²) in [5.41, 5.74) is -1.53. The molecule has 0 heterocycles. The van der Waals surface area contributed by atoms with Crippen LogP contribution in [0.25, 0.3) is 0 Å². The van der Waals surface area contributed by atoms with Crippen molar-refractivity contribution >= 4 is 11.4 Å². The lowest BCUT2D eigenvalue weighted by atomic mass is 10.1. The molecular formula is C12H17F3N3O2+. The summed E-state index contributed by atoms with van der Waals surface area (Å²) >= 11 is 0. The third kappa shape index (κ3) is 4.78. The van der Waals surface area contributed by atoms with Crippen LogP contribution in [0.5, 0.6) is 0 Å². The van der Waals surface area contributed by atoms with Crippen molar-refractivity contribution in [3.8, 4) is 0 Å². The van der Waals surface area contributed by atoms with E-state index in [9.17, 15) is 23.3 Å². The van der Waals surface area contributed by atoms with E-state index >= 15 is 0 Å². The first-order valence-corrected chi connectivity index (χ1v) is 6.05. The minimum absolute atomic E-state index is 0.0122. The fourth-order valence-corrected chi connectivity index (χ4v) is 1.75. The van der Waals surface area contributed by atoms with Crippen molar-refractivity contribution in [3.05, 3.63) is 33.9 Å². The summed E-state index contributed by atoms with van der Waals surface area (Å²) < 4.78 is 38.6. The van der Waals surface area contributed by atoms with E-state index in [0.717, 1.165) is 25.1 Å². The van der Waals surface area contributed by atoms with Gasteiger partial charge in [-0.2, -0.15) is 13.2 Å². The molecule has 0 aliphatic rings. The summed E-state index contributed by atoms with van der Waals surface area (Å²) in [5.74, 6) is 0. The smallest absolute Gasteiger partial charge is 0.313 e. The number of alkyl halides is 3. The third-order valence-corrected chi connectivity index (χ3v) is 2.73. The number of halogens is 3. The molecule has 0 saturated heterocycles. The molecule has 8 heteroatoms. The van der Waals surface area contributed by atoms with Gasteiger partial charge in [0.2, 0.25) is 0 Å². The quantitative estimate of drug-likeness (QED) is 0.376. The summed E-state index contributed by atoms with van der Waals surface area (Å²) in [6.45, 7) is 1.25. The van der Waals surface area contributed by atoms with Gasteiger partial charge in [0.25, 0.3) is 5.69 Å². The van der Waals surface area contributed by atoms with Gasteiger partial charge in [0.1, 0.15) is 11.3 Å². The van der Waals surface area contributed by atoms with E-state index in [1.807, 2.05) is 19.0 Å². The maximum Gasteiger partial charge on any atom is 0.422 e. The van der Waals surface area contributed by atoms with E-state index in [0.29, 0.717) is 12.6 Å². The van der Waals surface area contributed by atoms with Gasteiger partial charge in [0, 0.05) is 31.2 Å². The second-order valence-electron chi connectivity index (χ2n) is 4.68. The molecule has 2 N–H and O–H groups in total. The molecule has 1 aromatic carbocycles. The molecule has 20 heavy (non-hydrogen) atoms. The second-order valence-corrected chi connectivity index (χ2v) is 4.68. The van der Waals surface area contributed by atoms with Crippen LogP contribution >= 0.6 is 0 Å². The molecule has 0 aliphatic carbocycles. The van der Waals surface area contributed by atoms with E-state index in [1.165, 1.54) is 5.32 Å². The fourth-order valence-electron chi connectivity index (χ4n) is 1.75. The number of benzene rings is 1. The van der Waals surface area contributed by atoms with Gasteiger partial charge in [-0.3, -0.25) is 10.1 Å². The molecule has 0 bridgehead atoms. The monoisotopic (exact) mass is 292 g/mol. The zero-order valence-electron chi connectivity index (χ0n) is 11.3. The minimum Gasteiger partial charge on any atom is -0.313 e. The minimum atomic E-state index is -4.60. The molecule has 0 fully saturated rings. The summed E-state index contributed by atoms with van der Waals surface area (Å²) in [6.07, 6.45) is -3.87.